The lowest BCUT2D eigenvalue weighted by Gasteiger charge is -2.38. The summed E-state index contributed by atoms with van der Waals surface area (Å²) in [7, 11) is 0. The molecule has 0 saturated heterocycles. The van der Waals surface area contributed by atoms with Crippen LogP contribution in [0.25, 0.3) is 0 Å². The average Bonchev–Trinajstić information content (AvgIpc) is 2.27. The molecule has 0 unspecified atom stereocenters. The number of carboxylic acid groups (broad SMARTS) is 1. The summed E-state index contributed by atoms with van der Waals surface area (Å²) in [6.45, 7) is 1.59. The van der Waals surface area contributed by atoms with Crippen LogP contribution in [0.4, 0.5) is 11.5 Å². The van der Waals surface area contributed by atoms with Gasteiger partial charge in [0.05, 0.1) is 9.40 Å². The molecule has 0 radical (unpaired) electrons. The molecule has 0 atom stereocenters. The van der Waals surface area contributed by atoms with Crippen LogP contribution in [0.2, 0.25) is 0 Å². The standard InChI is InChI=1S/C11H12BrN3O4/c1-6-7(15(18)19)5-13-9(8(6)12)14-11(10(16)17)3-2-4-11/h5H,2-4H2,1H3,(H,13,14)(H,16,17). The maximum absolute atomic E-state index is 11.3. The molecule has 1 aliphatic rings. The van der Waals surface area contributed by atoms with Crippen molar-refractivity contribution < 1.29 is 14.8 Å². The Morgan fingerprint density at radius 3 is 2.68 bits per heavy atom. The number of carbonyl (C=O) groups is 1. The Bertz CT molecular complexity index is 557. The second-order valence-electron chi connectivity index (χ2n) is 4.55. The Morgan fingerprint density at radius 2 is 2.26 bits per heavy atom. The lowest BCUT2D eigenvalue weighted by molar-refractivity contribution is -0.385. The summed E-state index contributed by atoms with van der Waals surface area (Å²) in [5, 5.41) is 22.9. The van der Waals surface area contributed by atoms with Gasteiger partial charge in [0.15, 0.2) is 0 Å². The normalized spacial score (nSPS) is 16.5. The van der Waals surface area contributed by atoms with E-state index in [4.69, 9.17) is 0 Å². The van der Waals surface area contributed by atoms with Gasteiger partial charge in [-0.25, -0.2) is 9.78 Å². The van der Waals surface area contributed by atoms with E-state index in [2.05, 4.69) is 26.2 Å². The van der Waals surface area contributed by atoms with Crippen molar-refractivity contribution in [3.8, 4) is 0 Å². The third kappa shape index (κ3) is 2.27. The molecule has 1 heterocycles. The number of nitrogens with one attached hydrogen (secondary N) is 1. The van der Waals surface area contributed by atoms with Gasteiger partial charge in [0.1, 0.15) is 17.6 Å². The zero-order valence-electron chi connectivity index (χ0n) is 10.1. The number of nitrogens with zero attached hydrogens (tertiary/aromatic N) is 2. The fourth-order valence-electron chi connectivity index (χ4n) is 1.99. The summed E-state index contributed by atoms with van der Waals surface area (Å²) < 4.78 is 0.425. The number of rotatable bonds is 4. The van der Waals surface area contributed by atoms with Crippen molar-refractivity contribution in [2.45, 2.75) is 31.7 Å². The van der Waals surface area contributed by atoms with Crippen molar-refractivity contribution in [1.82, 2.24) is 4.98 Å². The molecule has 1 aromatic heterocycles. The van der Waals surface area contributed by atoms with Gasteiger partial charge in [-0.05, 0) is 42.1 Å². The number of pyridine rings is 1. The zero-order valence-corrected chi connectivity index (χ0v) is 11.7. The largest absolute Gasteiger partial charge is 0.480 e. The highest BCUT2D eigenvalue weighted by Crippen LogP contribution is 2.38. The molecule has 102 valence electrons. The quantitative estimate of drug-likeness (QED) is 0.649. The Balaban J connectivity index is 2.34. The minimum absolute atomic E-state index is 0.101. The fourth-order valence-corrected chi connectivity index (χ4v) is 2.39. The molecule has 0 aromatic carbocycles. The molecule has 0 aliphatic heterocycles. The molecule has 2 N–H and O–H groups in total. The third-order valence-electron chi connectivity index (χ3n) is 3.41. The Kier molecular flexibility index (Phi) is 3.44. The Morgan fingerprint density at radius 1 is 1.63 bits per heavy atom. The van der Waals surface area contributed by atoms with E-state index in [0.29, 0.717) is 28.7 Å². The lowest BCUT2D eigenvalue weighted by atomic mass is 9.77. The van der Waals surface area contributed by atoms with Crippen LogP contribution in [0.3, 0.4) is 0 Å². The molecule has 1 fully saturated rings. The molecule has 1 aliphatic carbocycles. The maximum Gasteiger partial charge on any atom is 0.329 e. The maximum atomic E-state index is 11.3. The summed E-state index contributed by atoms with van der Waals surface area (Å²) >= 11 is 3.23. The lowest BCUT2D eigenvalue weighted by Crippen LogP contribution is -2.52. The van der Waals surface area contributed by atoms with Crippen molar-refractivity contribution >= 4 is 33.4 Å². The predicted molar refractivity (Wildman–Crippen MR) is 71.2 cm³/mol. The highest BCUT2D eigenvalue weighted by atomic mass is 79.9. The van der Waals surface area contributed by atoms with E-state index in [9.17, 15) is 20.0 Å². The zero-order chi connectivity index (χ0) is 14.2. The van der Waals surface area contributed by atoms with E-state index in [0.717, 1.165) is 12.6 Å². The smallest absolute Gasteiger partial charge is 0.329 e. The van der Waals surface area contributed by atoms with Gasteiger partial charge in [-0.15, -0.1) is 0 Å². The van der Waals surface area contributed by atoms with Gasteiger partial charge < -0.3 is 10.4 Å². The predicted octanol–water partition coefficient (Wildman–Crippen LogP) is 2.48. The SMILES string of the molecule is Cc1c([N+](=O)[O-])cnc(NC2(C(=O)O)CCC2)c1Br. The summed E-state index contributed by atoms with van der Waals surface area (Å²) in [4.78, 5) is 25.5. The van der Waals surface area contributed by atoms with Crippen LogP contribution in [-0.2, 0) is 4.79 Å². The van der Waals surface area contributed by atoms with Crippen LogP contribution in [0, 0.1) is 17.0 Å². The second-order valence-corrected chi connectivity index (χ2v) is 5.35. The molecule has 7 nitrogen and oxygen atoms in total. The molecule has 19 heavy (non-hydrogen) atoms. The molecule has 1 saturated carbocycles. The molecule has 0 spiro atoms. The molecular formula is C11H12BrN3O4. The van der Waals surface area contributed by atoms with Gasteiger partial charge in [-0.2, -0.15) is 0 Å². The molecule has 1 aromatic rings. The first-order valence-corrected chi connectivity index (χ1v) is 6.48. The highest BCUT2D eigenvalue weighted by molar-refractivity contribution is 9.10. The number of carboxylic acids is 1. The molecular weight excluding hydrogens is 318 g/mol. The van der Waals surface area contributed by atoms with Gasteiger partial charge >= 0.3 is 5.97 Å². The average molecular weight is 330 g/mol. The summed E-state index contributed by atoms with van der Waals surface area (Å²) in [5.74, 6) is -0.603. The number of hydrogen-bond donors (Lipinski definition) is 2. The van der Waals surface area contributed by atoms with Crippen LogP contribution in [0.15, 0.2) is 10.7 Å². The van der Waals surface area contributed by atoms with Crippen LogP contribution < -0.4 is 5.32 Å². The Hall–Kier alpha value is -1.70. The minimum Gasteiger partial charge on any atom is -0.480 e. The number of anilines is 1. The van der Waals surface area contributed by atoms with Crippen molar-refractivity contribution in [2.24, 2.45) is 0 Å². The van der Waals surface area contributed by atoms with Crippen molar-refractivity contribution in [3.05, 3.63) is 26.3 Å². The number of hydrogen-bond acceptors (Lipinski definition) is 5. The minimum atomic E-state index is -1.00. The fraction of sp³-hybridized carbons (Fsp3) is 0.455. The van der Waals surface area contributed by atoms with Crippen molar-refractivity contribution in [1.29, 1.82) is 0 Å². The molecule has 0 bridgehead atoms. The van der Waals surface area contributed by atoms with Crippen molar-refractivity contribution in [2.75, 3.05) is 5.32 Å². The molecule has 2 rings (SSSR count). The third-order valence-corrected chi connectivity index (χ3v) is 4.38. The van der Waals surface area contributed by atoms with Crippen LogP contribution in [0.1, 0.15) is 24.8 Å². The number of aliphatic carboxylic acids is 1. The number of nitro groups is 1. The number of halogens is 1. The number of aromatic nitrogens is 1. The van der Waals surface area contributed by atoms with E-state index < -0.39 is 16.4 Å². The van der Waals surface area contributed by atoms with Crippen LogP contribution in [-0.4, -0.2) is 26.5 Å². The van der Waals surface area contributed by atoms with Gasteiger partial charge in [0.25, 0.3) is 5.69 Å². The first-order valence-electron chi connectivity index (χ1n) is 5.68. The topological polar surface area (TPSA) is 105 Å². The van der Waals surface area contributed by atoms with E-state index in [1.807, 2.05) is 0 Å². The van der Waals surface area contributed by atoms with Gasteiger partial charge in [-0.1, -0.05) is 0 Å². The first-order chi connectivity index (χ1) is 8.87. The molecule has 0 amide bonds. The summed E-state index contributed by atoms with van der Waals surface area (Å²) in [5.41, 5.74) is -0.685. The van der Waals surface area contributed by atoms with Gasteiger partial charge in [0.2, 0.25) is 0 Å². The Labute approximate surface area is 117 Å². The van der Waals surface area contributed by atoms with Crippen LogP contribution in [0.5, 0.6) is 0 Å². The highest BCUT2D eigenvalue weighted by Gasteiger charge is 2.45. The van der Waals surface area contributed by atoms with E-state index in [-0.39, 0.29) is 5.69 Å². The summed E-state index contributed by atoms with van der Waals surface area (Å²) in [6, 6.07) is 0. The van der Waals surface area contributed by atoms with Gasteiger partial charge in [0, 0.05) is 5.56 Å². The van der Waals surface area contributed by atoms with E-state index in [1.165, 1.54) is 0 Å². The van der Waals surface area contributed by atoms with E-state index >= 15 is 0 Å². The molecule has 8 heteroatoms. The van der Waals surface area contributed by atoms with Gasteiger partial charge in [-0.3, -0.25) is 10.1 Å². The second kappa shape index (κ2) is 4.76. The monoisotopic (exact) mass is 329 g/mol. The van der Waals surface area contributed by atoms with Crippen LogP contribution >= 0.6 is 15.9 Å². The summed E-state index contributed by atoms with van der Waals surface area (Å²) in [6.07, 6.45) is 3.01. The van der Waals surface area contributed by atoms with Crippen molar-refractivity contribution in [3.63, 3.8) is 0 Å². The van der Waals surface area contributed by atoms with E-state index in [1.54, 1.807) is 6.92 Å². The first kappa shape index (κ1) is 13.7.